The summed E-state index contributed by atoms with van der Waals surface area (Å²) in [6.45, 7) is 6.35. The molecule has 0 radical (unpaired) electrons. The number of carbonyl (C=O) groups is 1. The van der Waals surface area contributed by atoms with Gasteiger partial charge < -0.3 is 20.5 Å². The Hall–Kier alpha value is -0.810. The predicted molar refractivity (Wildman–Crippen MR) is 96.1 cm³/mol. The van der Waals surface area contributed by atoms with Gasteiger partial charge in [0.15, 0.2) is 0 Å². The fourth-order valence-electron chi connectivity index (χ4n) is 3.81. The van der Waals surface area contributed by atoms with E-state index in [0.717, 1.165) is 51.4 Å². The topological polar surface area (TPSA) is 70.6 Å². The summed E-state index contributed by atoms with van der Waals surface area (Å²) in [6.07, 6.45) is 10.3. The molecule has 0 heterocycles. The maximum atomic E-state index is 11.8. The maximum Gasteiger partial charge on any atom is 0.407 e. The normalized spacial score (nSPS) is 28.0. The van der Waals surface area contributed by atoms with Gasteiger partial charge in [-0.3, -0.25) is 0 Å². The van der Waals surface area contributed by atoms with Crippen LogP contribution in [0.3, 0.4) is 0 Å². The Bertz CT molecular complexity index is 390. The standard InChI is InChI=1S/C19H36N2O3/c1-18(2,3)24-17(22)21-16-10-8-15(9-11-16)20-14-19(23)12-6-4-5-7-13-19/h15-16,20,23H,4-14H2,1-3H3,(H,21,22). The third kappa shape index (κ3) is 6.98. The number of aliphatic hydroxyl groups is 1. The number of ether oxygens (including phenoxy) is 1. The van der Waals surface area contributed by atoms with Gasteiger partial charge in [0, 0.05) is 18.6 Å². The molecule has 0 atom stereocenters. The lowest BCUT2D eigenvalue weighted by molar-refractivity contribution is 0.0211. The highest BCUT2D eigenvalue weighted by Gasteiger charge is 2.30. The first-order valence-electron chi connectivity index (χ1n) is 9.71. The molecular formula is C19H36N2O3. The lowest BCUT2D eigenvalue weighted by Crippen LogP contribution is -2.48. The zero-order chi connectivity index (χ0) is 17.6. The van der Waals surface area contributed by atoms with Crippen molar-refractivity contribution in [1.82, 2.24) is 10.6 Å². The Kier molecular flexibility index (Phi) is 6.93. The third-order valence-electron chi connectivity index (χ3n) is 5.20. The lowest BCUT2D eigenvalue weighted by Gasteiger charge is -2.34. The van der Waals surface area contributed by atoms with Crippen LogP contribution in [0.4, 0.5) is 4.79 Å². The number of alkyl carbamates (subject to hydrolysis) is 1. The van der Waals surface area contributed by atoms with Crippen molar-refractivity contribution >= 4 is 6.09 Å². The van der Waals surface area contributed by atoms with Crippen LogP contribution in [-0.2, 0) is 4.74 Å². The first-order chi connectivity index (χ1) is 11.3. The summed E-state index contributed by atoms with van der Waals surface area (Å²) in [6, 6.07) is 0.660. The van der Waals surface area contributed by atoms with Crippen LogP contribution in [0, 0.1) is 0 Å². The molecule has 2 fully saturated rings. The largest absolute Gasteiger partial charge is 0.444 e. The number of carbonyl (C=O) groups excluding carboxylic acids is 1. The molecular weight excluding hydrogens is 304 g/mol. The van der Waals surface area contributed by atoms with E-state index in [-0.39, 0.29) is 12.1 Å². The van der Waals surface area contributed by atoms with Crippen LogP contribution in [-0.4, -0.2) is 41.0 Å². The van der Waals surface area contributed by atoms with Gasteiger partial charge >= 0.3 is 6.09 Å². The Balaban J connectivity index is 1.66. The van der Waals surface area contributed by atoms with E-state index in [1.807, 2.05) is 20.8 Å². The molecule has 2 rings (SSSR count). The molecule has 5 nitrogen and oxygen atoms in total. The average Bonchev–Trinajstić information content (AvgIpc) is 2.70. The van der Waals surface area contributed by atoms with Gasteiger partial charge in [-0.05, 0) is 59.3 Å². The van der Waals surface area contributed by atoms with Crippen molar-refractivity contribution in [1.29, 1.82) is 0 Å². The number of hydrogen-bond donors (Lipinski definition) is 3. The van der Waals surface area contributed by atoms with Crippen LogP contribution in [0.15, 0.2) is 0 Å². The molecule has 0 aromatic heterocycles. The molecule has 5 heteroatoms. The monoisotopic (exact) mass is 340 g/mol. The predicted octanol–water partition coefficient (Wildman–Crippen LogP) is 3.50. The molecule has 0 unspecified atom stereocenters. The van der Waals surface area contributed by atoms with Crippen molar-refractivity contribution in [2.24, 2.45) is 0 Å². The van der Waals surface area contributed by atoms with Gasteiger partial charge in [-0.2, -0.15) is 0 Å². The summed E-state index contributed by atoms with van der Waals surface area (Å²) < 4.78 is 5.32. The van der Waals surface area contributed by atoms with E-state index < -0.39 is 11.2 Å². The zero-order valence-electron chi connectivity index (χ0n) is 15.7. The van der Waals surface area contributed by atoms with Gasteiger partial charge in [-0.25, -0.2) is 4.79 Å². The van der Waals surface area contributed by atoms with E-state index in [1.165, 1.54) is 12.8 Å². The first kappa shape index (κ1) is 19.5. The fourth-order valence-corrected chi connectivity index (χ4v) is 3.81. The molecule has 0 bridgehead atoms. The van der Waals surface area contributed by atoms with E-state index in [4.69, 9.17) is 4.74 Å². The summed E-state index contributed by atoms with van der Waals surface area (Å²) in [7, 11) is 0. The minimum Gasteiger partial charge on any atom is -0.444 e. The molecule has 140 valence electrons. The molecule has 2 saturated carbocycles. The second kappa shape index (κ2) is 8.52. The van der Waals surface area contributed by atoms with Crippen molar-refractivity contribution in [3.63, 3.8) is 0 Å². The van der Waals surface area contributed by atoms with Crippen LogP contribution in [0.5, 0.6) is 0 Å². The van der Waals surface area contributed by atoms with Crippen LogP contribution in [0.25, 0.3) is 0 Å². The van der Waals surface area contributed by atoms with E-state index in [1.54, 1.807) is 0 Å². The Morgan fingerprint density at radius 3 is 2.12 bits per heavy atom. The van der Waals surface area contributed by atoms with Crippen molar-refractivity contribution in [2.75, 3.05) is 6.54 Å². The van der Waals surface area contributed by atoms with E-state index in [0.29, 0.717) is 12.6 Å². The van der Waals surface area contributed by atoms with Crippen LogP contribution < -0.4 is 10.6 Å². The molecule has 2 aliphatic carbocycles. The van der Waals surface area contributed by atoms with E-state index >= 15 is 0 Å². The Morgan fingerprint density at radius 1 is 1.04 bits per heavy atom. The molecule has 0 aromatic rings. The van der Waals surface area contributed by atoms with Crippen LogP contribution in [0.1, 0.15) is 85.0 Å². The first-order valence-corrected chi connectivity index (χ1v) is 9.71. The number of nitrogens with one attached hydrogen (secondary N) is 2. The molecule has 0 saturated heterocycles. The smallest absolute Gasteiger partial charge is 0.407 e. The molecule has 0 spiro atoms. The molecule has 24 heavy (non-hydrogen) atoms. The van der Waals surface area contributed by atoms with Gasteiger partial charge in [0.1, 0.15) is 5.60 Å². The summed E-state index contributed by atoms with van der Waals surface area (Å²) in [5.74, 6) is 0. The van der Waals surface area contributed by atoms with Gasteiger partial charge in [0.2, 0.25) is 0 Å². The second-order valence-corrected chi connectivity index (χ2v) is 8.71. The fraction of sp³-hybridized carbons (Fsp3) is 0.947. The third-order valence-corrected chi connectivity index (χ3v) is 5.20. The van der Waals surface area contributed by atoms with Gasteiger partial charge in [-0.1, -0.05) is 25.7 Å². The average molecular weight is 341 g/mol. The summed E-state index contributed by atoms with van der Waals surface area (Å²) in [4.78, 5) is 11.8. The van der Waals surface area contributed by atoms with Gasteiger partial charge in [-0.15, -0.1) is 0 Å². The molecule has 2 aliphatic rings. The summed E-state index contributed by atoms with van der Waals surface area (Å²) in [5, 5.41) is 17.3. The molecule has 1 amide bonds. The maximum absolute atomic E-state index is 11.8. The van der Waals surface area contributed by atoms with Crippen molar-refractivity contribution in [3.05, 3.63) is 0 Å². The highest BCUT2D eigenvalue weighted by molar-refractivity contribution is 5.68. The summed E-state index contributed by atoms with van der Waals surface area (Å²) in [5.41, 5.74) is -0.959. The Labute approximate surface area is 146 Å². The molecule has 0 aliphatic heterocycles. The van der Waals surface area contributed by atoms with E-state index in [2.05, 4.69) is 10.6 Å². The zero-order valence-corrected chi connectivity index (χ0v) is 15.7. The number of rotatable bonds is 4. The molecule has 0 aromatic carbocycles. The number of amides is 1. The Morgan fingerprint density at radius 2 is 1.58 bits per heavy atom. The van der Waals surface area contributed by atoms with Crippen molar-refractivity contribution in [3.8, 4) is 0 Å². The SMILES string of the molecule is CC(C)(C)OC(=O)NC1CCC(NCC2(O)CCCCCC2)CC1. The number of hydrogen-bond acceptors (Lipinski definition) is 4. The highest BCUT2D eigenvalue weighted by atomic mass is 16.6. The minimum absolute atomic E-state index is 0.207. The van der Waals surface area contributed by atoms with Crippen LogP contribution >= 0.6 is 0 Å². The highest BCUT2D eigenvalue weighted by Crippen LogP contribution is 2.27. The van der Waals surface area contributed by atoms with E-state index in [9.17, 15) is 9.90 Å². The molecule has 3 N–H and O–H groups in total. The quantitative estimate of drug-likeness (QED) is 0.685. The van der Waals surface area contributed by atoms with Gasteiger partial charge in [0.05, 0.1) is 5.60 Å². The second-order valence-electron chi connectivity index (χ2n) is 8.71. The van der Waals surface area contributed by atoms with Crippen molar-refractivity contribution in [2.45, 2.75) is 108 Å². The minimum atomic E-state index is -0.512. The van der Waals surface area contributed by atoms with Crippen molar-refractivity contribution < 1.29 is 14.6 Å². The summed E-state index contributed by atoms with van der Waals surface area (Å²) >= 11 is 0. The lowest BCUT2D eigenvalue weighted by atomic mass is 9.89. The van der Waals surface area contributed by atoms with Gasteiger partial charge in [0.25, 0.3) is 0 Å². The van der Waals surface area contributed by atoms with Crippen LogP contribution in [0.2, 0.25) is 0 Å².